The quantitative estimate of drug-likeness (QED) is 0.325. The van der Waals surface area contributed by atoms with E-state index in [1.54, 1.807) is 53.7 Å². The van der Waals surface area contributed by atoms with Gasteiger partial charge in [0.05, 0.1) is 34.6 Å². The maximum Gasteiger partial charge on any atom is 0.269 e. The van der Waals surface area contributed by atoms with Crippen LogP contribution in [-0.4, -0.2) is 25.6 Å². The van der Waals surface area contributed by atoms with Crippen LogP contribution in [0.2, 0.25) is 5.02 Å². The summed E-state index contributed by atoms with van der Waals surface area (Å²) in [6.07, 6.45) is 4.72. The number of benzene rings is 2. The van der Waals surface area contributed by atoms with Gasteiger partial charge < -0.3 is 4.90 Å². The number of anilines is 1. The number of amides is 1. The molecule has 0 aliphatic carbocycles. The topological polar surface area (TPSA) is 94.2 Å². The number of non-ortho nitro benzene ring substituents is 1. The SMILES string of the molecule is O=C(c1cnn(-c2ccc([N+](=O)[O-])cc2)c1)N(Cc1ccccn1)c1ccc(Cl)cc1. The molecule has 0 saturated carbocycles. The Kier molecular flexibility index (Phi) is 5.72. The maximum atomic E-state index is 13.3. The molecule has 0 aliphatic heterocycles. The van der Waals surface area contributed by atoms with Crippen LogP contribution in [0.1, 0.15) is 16.1 Å². The van der Waals surface area contributed by atoms with Crippen LogP contribution >= 0.6 is 11.6 Å². The van der Waals surface area contributed by atoms with E-state index in [0.29, 0.717) is 22.0 Å². The first-order chi connectivity index (χ1) is 15.0. The summed E-state index contributed by atoms with van der Waals surface area (Å²) >= 11 is 6.00. The van der Waals surface area contributed by atoms with Crippen molar-refractivity contribution in [1.29, 1.82) is 0 Å². The van der Waals surface area contributed by atoms with Crippen molar-refractivity contribution in [2.45, 2.75) is 6.54 Å². The number of pyridine rings is 1. The molecule has 0 N–H and O–H groups in total. The normalized spacial score (nSPS) is 10.6. The van der Waals surface area contributed by atoms with E-state index in [9.17, 15) is 14.9 Å². The molecule has 4 aromatic rings. The molecule has 2 heterocycles. The Labute approximate surface area is 182 Å². The molecule has 0 unspecified atom stereocenters. The van der Waals surface area contributed by atoms with Gasteiger partial charge in [-0.05, 0) is 48.5 Å². The first kappa shape index (κ1) is 20.2. The van der Waals surface area contributed by atoms with Crippen LogP contribution in [0.5, 0.6) is 0 Å². The second kappa shape index (κ2) is 8.76. The van der Waals surface area contributed by atoms with Crippen LogP contribution in [0.25, 0.3) is 5.69 Å². The lowest BCUT2D eigenvalue weighted by Crippen LogP contribution is -2.30. The molecule has 0 aliphatic rings. The molecule has 0 saturated heterocycles. The third kappa shape index (κ3) is 4.59. The van der Waals surface area contributed by atoms with E-state index < -0.39 is 4.92 Å². The summed E-state index contributed by atoms with van der Waals surface area (Å²) in [5.74, 6) is -0.263. The van der Waals surface area contributed by atoms with Crippen LogP contribution < -0.4 is 4.90 Å². The van der Waals surface area contributed by atoms with Gasteiger partial charge in [0.15, 0.2) is 0 Å². The number of aromatic nitrogens is 3. The van der Waals surface area contributed by atoms with Crippen molar-refractivity contribution >= 4 is 28.9 Å². The average molecular weight is 434 g/mol. The number of nitro benzene ring substituents is 1. The lowest BCUT2D eigenvalue weighted by Gasteiger charge is -2.22. The van der Waals surface area contributed by atoms with Gasteiger partial charge in [-0.1, -0.05) is 17.7 Å². The third-order valence-corrected chi connectivity index (χ3v) is 4.84. The second-order valence-corrected chi connectivity index (χ2v) is 7.07. The fourth-order valence-corrected chi connectivity index (χ4v) is 3.14. The first-order valence-electron chi connectivity index (χ1n) is 9.28. The zero-order chi connectivity index (χ0) is 21.8. The molecule has 0 fully saturated rings. The van der Waals surface area contributed by atoms with Crippen molar-refractivity contribution in [2.75, 3.05) is 4.90 Å². The molecular weight excluding hydrogens is 418 g/mol. The number of nitrogens with zero attached hydrogens (tertiary/aromatic N) is 5. The van der Waals surface area contributed by atoms with Gasteiger partial charge in [0.25, 0.3) is 11.6 Å². The van der Waals surface area contributed by atoms with Crippen molar-refractivity contribution in [3.05, 3.63) is 112 Å². The summed E-state index contributed by atoms with van der Waals surface area (Å²) in [5, 5.41) is 15.7. The Hall–Kier alpha value is -4.04. The highest BCUT2D eigenvalue weighted by Gasteiger charge is 2.21. The number of halogens is 1. The van der Waals surface area contributed by atoms with E-state index in [1.807, 2.05) is 18.2 Å². The van der Waals surface area contributed by atoms with E-state index in [0.717, 1.165) is 5.69 Å². The fourth-order valence-electron chi connectivity index (χ4n) is 3.01. The highest BCUT2D eigenvalue weighted by atomic mass is 35.5. The smallest absolute Gasteiger partial charge is 0.269 e. The number of hydrogen-bond acceptors (Lipinski definition) is 5. The lowest BCUT2D eigenvalue weighted by atomic mass is 10.2. The summed E-state index contributed by atoms with van der Waals surface area (Å²) in [4.78, 5) is 29.6. The van der Waals surface area contributed by atoms with Gasteiger partial charge in [-0.2, -0.15) is 5.10 Å². The van der Waals surface area contributed by atoms with Gasteiger partial charge in [0, 0.05) is 35.2 Å². The number of hydrogen-bond donors (Lipinski definition) is 0. The average Bonchev–Trinajstić information content (AvgIpc) is 3.29. The molecule has 154 valence electrons. The minimum atomic E-state index is -0.469. The number of nitro groups is 1. The van der Waals surface area contributed by atoms with Crippen molar-refractivity contribution < 1.29 is 9.72 Å². The predicted octanol–water partition coefficient (Wildman–Crippen LogP) is 4.68. The van der Waals surface area contributed by atoms with Gasteiger partial charge in [-0.15, -0.1) is 0 Å². The molecule has 2 aromatic carbocycles. The van der Waals surface area contributed by atoms with Gasteiger partial charge in [0.2, 0.25) is 0 Å². The molecule has 9 heteroatoms. The van der Waals surface area contributed by atoms with Crippen LogP contribution in [0.15, 0.2) is 85.3 Å². The maximum absolute atomic E-state index is 13.3. The van der Waals surface area contributed by atoms with E-state index in [-0.39, 0.29) is 18.1 Å². The second-order valence-electron chi connectivity index (χ2n) is 6.64. The van der Waals surface area contributed by atoms with E-state index in [2.05, 4.69) is 10.1 Å². The van der Waals surface area contributed by atoms with Gasteiger partial charge in [0.1, 0.15) is 0 Å². The van der Waals surface area contributed by atoms with Gasteiger partial charge in [-0.25, -0.2) is 4.68 Å². The minimum Gasteiger partial charge on any atom is -0.302 e. The number of rotatable bonds is 6. The Balaban J connectivity index is 1.63. The van der Waals surface area contributed by atoms with Crippen LogP contribution in [0, 0.1) is 10.1 Å². The summed E-state index contributed by atoms with van der Waals surface area (Å²) in [6.45, 7) is 0.268. The Bertz CT molecular complexity index is 1210. The highest BCUT2D eigenvalue weighted by molar-refractivity contribution is 6.30. The van der Waals surface area contributed by atoms with E-state index in [4.69, 9.17) is 11.6 Å². The highest BCUT2D eigenvalue weighted by Crippen LogP contribution is 2.23. The standard InChI is InChI=1S/C22H16ClN5O3/c23-17-4-6-19(7-5-17)26(15-18-3-1-2-12-24-18)22(29)16-13-25-27(14-16)20-8-10-21(11-9-20)28(30)31/h1-14H,15H2. The Morgan fingerprint density at radius 1 is 1.06 bits per heavy atom. The fraction of sp³-hybridized carbons (Fsp3) is 0.0455. The van der Waals surface area contributed by atoms with Crippen LogP contribution in [-0.2, 0) is 6.54 Å². The molecular formula is C22H16ClN5O3. The van der Waals surface area contributed by atoms with Crippen LogP contribution in [0.3, 0.4) is 0 Å². The zero-order valence-electron chi connectivity index (χ0n) is 16.1. The van der Waals surface area contributed by atoms with Crippen molar-refractivity contribution in [3.63, 3.8) is 0 Å². The summed E-state index contributed by atoms with van der Waals surface area (Å²) in [5.41, 5.74) is 2.35. The molecule has 0 atom stereocenters. The Morgan fingerprint density at radius 3 is 2.45 bits per heavy atom. The molecule has 1 amide bonds. The molecule has 31 heavy (non-hydrogen) atoms. The van der Waals surface area contributed by atoms with Crippen LogP contribution in [0.4, 0.5) is 11.4 Å². The Morgan fingerprint density at radius 2 is 1.81 bits per heavy atom. The molecule has 2 aromatic heterocycles. The summed E-state index contributed by atoms with van der Waals surface area (Å²) in [6, 6.07) is 18.4. The molecule has 0 radical (unpaired) electrons. The first-order valence-corrected chi connectivity index (χ1v) is 9.66. The molecule has 0 spiro atoms. The molecule has 4 rings (SSSR count). The molecule has 8 nitrogen and oxygen atoms in total. The van der Waals surface area contributed by atoms with E-state index >= 15 is 0 Å². The van der Waals surface area contributed by atoms with Crippen molar-refractivity contribution in [2.24, 2.45) is 0 Å². The number of carbonyl (C=O) groups excluding carboxylic acids is 1. The summed E-state index contributed by atoms with van der Waals surface area (Å²) in [7, 11) is 0. The third-order valence-electron chi connectivity index (χ3n) is 4.58. The monoisotopic (exact) mass is 433 g/mol. The van der Waals surface area contributed by atoms with Crippen molar-refractivity contribution in [3.8, 4) is 5.69 Å². The van der Waals surface area contributed by atoms with Gasteiger partial charge >= 0.3 is 0 Å². The minimum absolute atomic E-state index is 0.0171. The number of carbonyl (C=O) groups is 1. The molecule has 0 bridgehead atoms. The summed E-state index contributed by atoms with van der Waals surface area (Å²) < 4.78 is 1.50. The van der Waals surface area contributed by atoms with E-state index in [1.165, 1.54) is 23.0 Å². The lowest BCUT2D eigenvalue weighted by molar-refractivity contribution is -0.384. The van der Waals surface area contributed by atoms with Crippen molar-refractivity contribution in [1.82, 2.24) is 14.8 Å². The predicted molar refractivity (Wildman–Crippen MR) is 116 cm³/mol. The largest absolute Gasteiger partial charge is 0.302 e. The van der Waals surface area contributed by atoms with Gasteiger partial charge in [-0.3, -0.25) is 19.9 Å². The zero-order valence-corrected chi connectivity index (χ0v) is 16.9.